The molecule has 1 saturated carbocycles. The van der Waals surface area contributed by atoms with Crippen LogP contribution >= 0.6 is 0 Å². The van der Waals surface area contributed by atoms with E-state index in [2.05, 4.69) is 6.92 Å². The molecule has 1 aliphatic heterocycles. The van der Waals surface area contributed by atoms with Crippen LogP contribution in [0.4, 0.5) is 8.78 Å². The van der Waals surface area contributed by atoms with E-state index >= 15 is 0 Å². The van der Waals surface area contributed by atoms with Gasteiger partial charge >= 0.3 is 0 Å². The van der Waals surface area contributed by atoms with Crippen molar-refractivity contribution in [3.63, 3.8) is 0 Å². The maximum absolute atomic E-state index is 12.8. The quantitative estimate of drug-likeness (QED) is 0.670. The second kappa shape index (κ2) is 3.44. The van der Waals surface area contributed by atoms with Gasteiger partial charge in [-0.15, -0.1) is 0 Å². The summed E-state index contributed by atoms with van der Waals surface area (Å²) >= 11 is 0. The first-order chi connectivity index (χ1) is 6.55. The molecule has 1 spiro atoms. The molecule has 2 rings (SSSR count). The molecule has 14 heavy (non-hydrogen) atoms. The molecule has 1 atom stereocenters. The monoisotopic (exact) mass is 204 g/mol. The van der Waals surface area contributed by atoms with Gasteiger partial charge < -0.3 is 4.74 Å². The smallest absolute Gasteiger partial charge is 0.249 e. The summed E-state index contributed by atoms with van der Waals surface area (Å²) in [5, 5.41) is 0. The number of rotatable bonds is 2. The van der Waals surface area contributed by atoms with E-state index in [4.69, 9.17) is 4.74 Å². The standard InChI is InChI=1S/C11H18F2O/c1-2-3-9-4-5-10(8-14-9)6-11(12,13)7-10/h9H,2-8H2,1H3/t9-/m0/s1. The first-order valence-corrected chi connectivity index (χ1v) is 5.55. The van der Waals surface area contributed by atoms with Crippen molar-refractivity contribution in [1.82, 2.24) is 0 Å². The minimum Gasteiger partial charge on any atom is -0.378 e. The third-order valence-electron chi connectivity index (χ3n) is 3.50. The number of hydrogen-bond donors (Lipinski definition) is 0. The van der Waals surface area contributed by atoms with Gasteiger partial charge in [0.05, 0.1) is 12.7 Å². The molecule has 0 amide bonds. The molecule has 0 aromatic rings. The highest BCUT2D eigenvalue weighted by atomic mass is 19.3. The fraction of sp³-hybridized carbons (Fsp3) is 1.00. The molecule has 0 radical (unpaired) electrons. The summed E-state index contributed by atoms with van der Waals surface area (Å²) in [6.07, 6.45) is 4.55. The molecule has 1 nitrogen and oxygen atoms in total. The van der Waals surface area contributed by atoms with Gasteiger partial charge in [-0.2, -0.15) is 0 Å². The predicted octanol–water partition coefficient (Wildman–Crippen LogP) is 3.38. The summed E-state index contributed by atoms with van der Waals surface area (Å²) in [6, 6.07) is 0. The molecule has 1 aliphatic carbocycles. The zero-order valence-corrected chi connectivity index (χ0v) is 8.69. The van der Waals surface area contributed by atoms with Crippen molar-refractivity contribution >= 4 is 0 Å². The highest BCUT2D eigenvalue weighted by Crippen LogP contribution is 2.56. The zero-order valence-electron chi connectivity index (χ0n) is 8.69. The number of ether oxygens (including phenoxy) is 1. The summed E-state index contributed by atoms with van der Waals surface area (Å²) in [4.78, 5) is 0. The van der Waals surface area contributed by atoms with Crippen LogP contribution in [0.2, 0.25) is 0 Å². The molecule has 1 saturated heterocycles. The van der Waals surface area contributed by atoms with Gasteiger partial charge in [-0.25, -0.2) is 8.78 Å². The van der Waals surface area contributed by atoms with Crippen molar-refractivity contribution in [3.05, 3.63) is 0 Å². The Labute approximate surface area is 83.8 Å². The Kier molecular flexibility index (Phi) is 2.54. The summed E-state index contributed by atoms with van der Waals surface area (Å²) in [5.74, 6) is -2.40. The van der Waals surface area contributed by atoms with Gasteiger partial charge in [0.1, 0.15) is 0 Å². The number of halogens is 2. The largest absolute Gasteiger partial charge is 0.378 e. The molecule has 2 fully saturated rings. The lowest BCUT2D eigenvalue weighted by molar-refractivity contribution is -0.212. The van der Waals surface area contributed by atoms with Crippen LogP contribution < -0.4 is 0 Å². The average Bonchev–Trinajstić information content (AvgIpc) is 2.06. The Morgan fingerprint density at radius 1 is 1.36 bits per heavy atom. The highest BCUT2D eigenvalue weighted by Gasteiger charge is 2.57. The Balaban J connectivity index is 1.80. The van der Waals surface area contributed by atoms with Crippen molar-refractivity contribution in [2.24, 2.45) is 5.41 Å². The fourth-order valence-corrected chi connectivity index (χ4v) is 2.79. The van der Waals surface area contributed by atoms with Crippen molar-refractivity contribution in [3.8, 4) is 0 Å². The highest BCUT2D eigenvalue weighted by molar-refractivity contribution is 5.00. The topological polar surface area (TPSA) is 9.23 Å². The molecular weight excluding hydrogens is 186 g/mol. The van der Waals surface area contributed by atoms with Gasteiger partial charge in [-0.1, -0.05) is 13.3 Å². The fourth-order valence-electron chi connectivity index (χ4n) is 2.79. The Morgan fingerprint density at radius 3 is 2.50 bits per heavy atom. The van der Waals surface area contributed by atoms with Gasteiger partial charge in [0.2, 0.25) is 5.92 Å². The Bertz CT molecular complexity index is 197. The molecule has 1 heterocycles. The normalized spacial score (nSPS) is 34.1. The number of alkyl halides is 2. The van der Waals surface area contributed by atoms with Crippen LogP contribution in [0.3, 0.4) is 0 Å². The lowest BCUT2D eigenvalue weighted by Crippen LogP contribution is -2.51. The average molecular weight is 204 g/mol. The van der Waals surface area contributed by atoms with Gasteiger partial charge in [0.15, 0.2) is 0 Å². The van der Waals surface area contributed by atoms with E-state index < -0.39 is 5.92 Å². The van der Waals surface area contributed by atoms with Gasteiger partial charge in [0.25, 0.3) is 0 Å². The summed E-state index contributed by atoms with van der Waals surface area (Å²) in [6.45, 7) is 2.69. The lowest BCUT2D eigenvalue weighted by Gasteiger charge is -2.50. The predicted molar refractivity (Wildman–Crippen MR) is 50.5 cm³/mol. The minimum absolute atomic E-state index is 0.0544. The van der Waals surface area contributed by atoms with Crippen LogP contribution in [-0.2, 0) is 4.74 Å². The molecule has 0 bridgehead atoms. The molecule has 82 valence electrons. The Morgan fingerprint density at radius 2 is 2.07 bits per heavy atom. The second-order valence-electron chi connectivity index (χ2n) is 4.97. The molecule has 2 aliphatic rings. The van der Waals surface area contributed by atoms with Crippen LogP contribution in [0.1, 0.15) is 45.4 Å². The van der Waals surface area contributed by atoms with Crippen molar-refractivity contribution in [2.45, 2.75) is 57.5 Å². The maximum Gasteiger partial charge on any atom is 0.249 e. The SMILES string of the molecule is CCC[C@H]1CCC2(CO1)CC(F)(F)C2. The summed E-state index contributed by atoms with van der Waals surface area (Å²) in [7, 11) is 0. The summed E-state index contributed by atoms with van der Waals surface area (Å²) < 4.78 is 31.2. The first kappa shape index (κ1) is 10.3. The first-order valence-electron chi connectivity index (χ1n) is 5.55. The van der Waals surface area contributed by atoms with Crippen LogP contribution in [0, 0.1) is 5.41 Å². The molecule has 0 unspecified atom stereocenters. The van der Waals surface area contributed by atoms with E-state index in [1.54, 1.807) is 0 Å². The molecular formula is C11H18F2O. The second-order valence-corrected chi connectivity index (χ2v) is 4.97. The molecule has 0 aromatic carbocycles. The number of hydrogen-bond acceptors (Lipinski definition) is 1. The lowest BCUT2D eigenvalue weighted by atomic mass is 9.63. The molecule has 3 heteroatoms. The molecule has 0 N–H and O–H groups in total. The zero-order chi connectivity index (χ0) is 10.2. The van der Waals surface area contributed by atoms with Crippen LogP contribution in [0.25, 0.3) is 0 Å². The van der Waals surface area contributed by atoms with Gasteiger partial charge in [-0.05, 0) is 19.3 Å². The maximum atomic E-state index is 12.8. The minimum atomic E-state index is -2.40. The third-order valence-corrected chi connectivity index (χ3v) is 3.50. The van der Waals surface area contributed by atoms with E-state index in [0.717, 1.165) is 25.7 Å². The van der Waals surface area contributed by atoms with Crippen molar-refractivity contribution in [2.75, 3.05) is 6.61 Å². The van der Waals surface area contributed by atoms with E-state index in [-0.39, 0.29) is 18.3 Å². The van der Waals surface area contributed by atoms with Gasteiger partial charge in [0, 0.05) is 18.3 Å². The van der Waals surface area contributed by atoms with Crippen LogP contribution in [-0.4, -0.2) is 18.6 Å². The van der Waals surface area contributed by atoms with Crippen LogP contribution in [0.5, 0.6) is 0 Å². The van der Waals surface area contributed by atoms with E-state index in [0.29, 0.717) is 12.7 Å². The summed E-state index contributed by atoms with van der Waals surface area (Å²) in [5.41, 5.74) is -0.159. The van der Waals surface area contributed by atoms with Crippen molar-refractivity contribution < 1.29 is 13.5 Å². The van der Waals surface area contributed by atoms with E-state index in [1.165, 1.54) is 0 Å². The van der Waals surface area contributed by atoms with E-state index in [9.17, 15) is 8.78 Å². The van der Waals surface area contributed by atoms with Crippen molar-refractivity contribution in [1.29, 1.82) is 0 Å². The van der Waals surface area contributed by atoms with Crippen LogP contribution in [0.15, 0.2) is 0 Å². The van der Waals surface area contributed by atoms with E-state index in [1.807, 2.05) is 0 Å². The Hall–Kier alpha value is -0.180. The third kappa shape index (κ3) is 1.92. The van der Waals surface area contributed by atoms with Gasteiger partial charge in [-0.3, -0.25) is 0 Å². The molecule has 0 aromatic heterocycles.